The first kappa shape index (κ1) is 17.0. The molecule has 3 aromatic carbocycles. The molecule has 1 amide bonds. The van der Waals surface area contributed by atoms with Gasteiger partial charge in [0.2, 0.25) is 0 Å². The molecule has 0 aromatic heterocycles. The second kappa shape index (κ2) is 7.03. The van der Waals surface area contributed by atoms with Crippen LogP contribution >= 0.6 is 0 Å². The highest BCUT2D eigenvalue weighted by molar-refractivity contribution is 6.12. The van der Waals surface area contributed by atoms with E-state index in [1.807, 2.05) is 61.5 Å². The molecular formula is C22H20N2O3. The zero-order valence-electron chi connectivity index (χ0n) is 14.9. The molecule has 0 unspecified atom stereocenters. The molecule has 0 saturated heterocycles. The minimum atomic E-state index is -0.422. The normalized spacial score (nSPS) is 15.8. The summed E-state index contributed by atoms with van der Waals surface area (Å²) in [5, 5.41) is 13.5. The minimum absolute atomic E-state index is 0.0772. The van der Waals surface area contributed by atoms with Gasteiger partial charge in [-0.2, -0.15) is 0 Å². The molecule has 1 aliphatic rings. The van der Waals surface area contributed by atoms with Gasteiger partial charge < -0.3 is 15.2 Å². The molecule has 1 heterocycles. The van der Waals surface area contributed by atoms with Crippen LogP contribution in [0.3, 0.4) is 0 Å². The van der Waals surface area contributed by atoms with E-state index in [2.05, 4.69) is 5.32 Å². The van der Waals surface area contributed by atoms with E-state index < -0.39 is 6.17 Å². The third-order valence-corrected chi connectivity index (χ3v) is 4.56. The van der Waals surface area contributed by atoms with Crippen molar-refractivity contribution in [2.75, 3.05) is 16.8 Å². The van der Waals surface area contributed by atoms with Gasteiger partial charge in [-0.25, -0.2) is 0 Å². The number of carbonyl (C=O) groups excluding carboxylic acids is 1. The van der Waals surface area contributed by atoms with Crippen LogP contribution < -0.4 is 15.0 Å². The molecule has 0 radical (unpaired) electrons. The van der Waals surface area contributed by atoms with Gasteiger partial charge in [-0.1, -0.05) is 36.4 Å². The van der Waals surface area contributed by atoms with Gasteiger partial charge in [0.25, 0.3) is 5.91 Å². The van der Waals surface area contributed by atoms with E-state index in [1.165, 1.54) is 0 Å². The predicted molar refractivity (Wildman–Crippen MR) is 105 cm³/mol. The number of anilines is 2. The summed E-state index contributed by atoms with van der Waals surface area (Å²) in [7, 11) is 0. The summed E-state index contributed by atoms with van der Waals surface area (Å²) in [4.78, 5) is 15.0. The van der Waals surface area contributed by atoms with Gasteiger partial charge in [0.1, 0.15) is 6.17 Å². The molecule has 1 atom stereocenters. The summed E-state index contributed by atoms with van der Waals surface area (Å²) in [6.45, 7) is 2.31. The smallest absolute Gasteiger partial charge is 0.262 e. The number of hydrogen-bond donors (Lipinski definition) is 2. The SMILES string of the molecule is CCOc1cc([C@H]2Nc3ccccc3C(=O)N2c2ccccc2)ccc1O. The van der Waals surface area contributed by atoms with Crippen molar-refractivity contribution in [2.24, 2.45) is 0 Å². The molecule has 0 aliphatic carbocycles. The van der Waals surface area contributed by atoms with Crippen LogP contribution in [0.2, 0.25) is 0 Å². The fourth-order valence-electron chi connectivity index (χ4n) is 3.31. The van der Waals surface area contributed by atoms with Crippen LogP contribution in [0.5, 0.6) is 11.5 Å². The molecule has 5 heteroatoms. The molecule has 0 bridgehead atoms. The Bertz CT molecular complexity index is 972. The molecule has 4 rings (SSSR count). The Morgan fingerprint density at radius 2 is 1.78 bits per heavy atom. The zero-order chi connectivity index (χ0) is 18.8. The summed E-state index contributed by atoms with van der Waals surface area (Å²) in [6.07, 6.45) is -0.422. The molecule has 27 heavy (non-hydrogen) atoms. The van der Waals surface area contributed by atoms with Gasteiger partial charge in [0, 0.05) is 11.4 Å². The maximum Gasteiger partial charge on any atom is 0.262 e. The number of nitrogens with zero attached hydrogens (tertiary/aromatic N) is 1. The average molecular weight is 360 g/mol. The first-order valence-corrected chi connectivity index (χ1v) is 8.89. The van der Waals surface area contributed by atoms with Crippen LogP contribution in [-0.4, -0.2) is 17.6 Å². The molecule has 5 nitrogen and oxygen atoms in total. The number of phenolic OH excluding ortho intramolecular Hbond substituents is 1. The number of nitrogens with one attached hydrogen (secondary N) is 1. The second-order valence-electron chi connectivity index (χ2n) is 6.26. The fourth-order valence-corrected chi connectivity index (χ4v) is 3.31. The lowest BCUT2D eigenvalue weighted by atomic mass is 10.0. The predicted octanol–water partition coefficient (Wildman–Crippen LogP) is 4.56. The third kappa shape index (κ3) is 3.08. The van der Waals surface area contributed by atoms with Crippen molar-refractivity contribution in [2.45, 2.75) is 13.1 Å². The number of rotatable bonds is 4. The van der Waals surface area contributed by atoms with Crippen LogP contribution in [0.25, 0.3) is 0 Å². The van der Waals surface area contributed by atoms with Gasteiger partial charge in [-0.15, -0.1) is 0 Å². The first-order valence-electron chi connectivity index (χ1n) is 8.89. The molecule has 0 fully saturated rings. The number of benzene rings is 3. The van der Waals surface area contributed by atoms with Gasteiger partial charge in [-0.3, -0.25) is 9.69 Å². The lowest BCUT2D eigenvalue weighted by Gasteiger charge is -2.38. The number of aromatic hydroxyl groups is 1. The van der Waals surface area contributed by atoms with Gasteiger partial charge in [0.05, 0.1) is 12.2 Å². The summed E-state index contributed by atoms with van der Waals surface area (Å²) >= 11 is 0. The number of para-hydroxylation sites is 2. The van der Waals surface area contributed by atoms with E-state index in [9.17, 15) is 9.90 Å². The Morgan fingerprint density at radius 3 is 2.56 bits per heavy atom. The fraction of sp³-hybridized carbons (Fsp3) is 0.136. The van der Waals surface area contributed by atoms with Crippen LogP contribution in [0.4, 0.5) is 11.4 Å². The number of carbonyl (C=O) groups is 1. The van der Waals surface area contributed by atoms with Crippen LogP contribution in [0.1, 0.15) is 29.0 Å². The quantitative estimate of drug-likeness (QED) is 0.716. The van der Waals surface area contributed by atoms with Crippen molar-refractivity contribution in [3.63, 3.8) is 0 Å². The standard InChI is InChI=1S/C22H20N2O3/c1-2-27-20-14-15(12-13-19(20)25)21-23-18-11-7-6-10-17(18)22(26)24(21)16-8-4-3-5-9-16/h3-14,21,23,25H,2H2,1H3/t21-/m0/s1. The monoisotopic (exact) mass is 360 g/mol. The summed E-state index contributed by atoms with van der Waals surface area (Å²) in [5.41, 5.74) is 3.02. The Labute approximate surface area is 157 Å². The Morgan fingerprint density at radius 1 is 1.04 bits per heavy atom. The van der Waals surface area contributed by atoms with Gasteiger partial charge in [-0.05, 0) is 48.9 Å². The van der Waals surface area contributed by atoms with Crippen molar-refractivity contribution < 1.29 is 14.6 Å². The van der Waals surface area contributed by atoms with E-state index in [1.54, 1.807) is 23.1 Å². The number of ether oxygens (including phenoxy) is 1. The molecule has 0 saturated carbocycles. The topological polar surface area (TPSA) is 61.8 Å². The van der Waals surface area contributed by atoms with E-state index in [0.717, 1.165) is 16.9 Å². The maximum absolute atomic E-state index is 13.3. The van der Waals surface area contributed by atoms with E-state index >= 15 is 0 Å². The number of amides is 1. The maximum atomic E-state index is 13.3. The minimum Gasteiger partial charge on any atom is -0.504 e. The van der Waals surface area contributed by atoms with Crippen molar-refractivity contribution in [1.82, 2.24) is 0 Å². The Kier molecular flexibility index (Phi) is 4.42. The lowest BCUT2D eigenvalue weighted by molar-refractivity contribution is 0.0975. The Balaban J connectivity index is 1.84. The van der Waals surface area contributed by atoms with Crippen LogP contribution in [0, 0.1) is 0 Å². The average Bonchev–Trinajstić information content (AvgIpc) is 2.70. The number of phenols is 1. The molecule has 3 aromatic rings. The first-order chi connectivity index (χ1) is 13.2. The highest BCUT2D eigenvalue weighted by Crippen LogP contribution is 2.38. The molecule has 1 aliphatic heterocycles. The van der Waals surface area contributed by atoms with Crippen LogP contribution in [0.15, 0.2) is 72.8 Å². The van der Waals surface area contributed by atoms with Crippen LogP contribution in [-0.2, 0) is 0 Å². The second-order valence-corrected chi connectivity index (χ2v) is 6.26. The van der Waals surface area contributed by atoms with Gasteiger partial charge >= 0.3 is 0 Å². The van der Waals surface area contributed by atoms with Gasteiger partial charge in [0.15, 0.2) is 11.5 Å². The van der Waals surface area contributed by atoms with Crippen molar-refractivity contribution in [3.05, 3.63) is 83.9 Å². The molecule has 136 valence electrons. The summed E-state index contributed by atoms with van der Waals surface area (Å²) in [5.74, 6) is 0.400. The summed E-state index contributed by atoms with van der Waals surface area (Å²) in [6, 6.07) is 22.2. The third-order valence-electron chi connectivity index (χ3n) is 4.56. The highest BCUT2D eigenvalue weighted by Gasteiger charge is 2.34. The van der Waals surface area contributed by atoms with E-state index in [-0.39, 0.29) is 11.7 Å². The van der Waals surface area contributed by atoms with Crippen molar-refractivity contribution >= 4 is 17.3 Å². The number of fused-ring (bicyclic) bond motifs is 1. The van der Waals surface area contributed by atoms with Crippen molar-refractivity contribution in [1.29, 1.82) is 0 Å². The van der Waals surface area contributed by atoms with Crippen molar-refractivity contribution in [3.8, 4) is 11.5 Å². The summed E-state index contributed by atoms with van der Waals surface area (Å²) < 4.78 is 5.52. The molecule has 2 N–H and O–H groups in total. The lowest BCUT2D eigenvalue weighted by Crippen LogP contribution is -2.43. The zero-order valence-corrected chi connectivity index (χ0v) is 14.9. The largest absolute Gasteiger partial charge is 0.504 e. The molecular weight excluding hydrogens is 340 g/mol. The van der Waals surface area contributed by atoms with E-state index in [4.69, 9.17) is 4.74 Å². The number of hydrogen-bond acceptors (Lipinski definition) is 4. The molecule has 0 spiro atoms. The Hall–Kier alpha value is -3.47. The van der Waals surface area contributed by atoms with E-state index in [0.29, 0.717) is 17.9 Å². The highest BCUT2D eigenvalue weighted by atomic mass is 16.5.